The van der Waals surface area contributed by atoms with Gasteiger partial charge in [0, 0.05) is 0 Å². The van der Waals surface area contributed by atoms with Crippen LogP contribution in [0.3, 0.4) is 0 Å². The van der Waals surface area contributed by atoms with Crippen LogP contribution in [0.25, 0.3) is 0 Å². The van der Waals surface area contributed by atoms with Gasteiger partial charge in [-0.15, -0.1) is 0 Å². The van der Waals surface area contributed by atoms with E-state index in [1.165, 1.54) is 82.9 Å². The average Bonchev–Trinajstić information content (AvgIpc) is 2.59. The van der Waals surface area contributed by atoms with Crippen molar-refractivity contribution in [2.75, 3.05) is 20.6 Å². The highest BCUT2D eigenvalue weighted by molar-refractivity contribution is 7.79. The van der Waals surface area contributed by atoms with Gasteiger partial charge in [0.05, 0.1) is 20.6 Å². The van der Waals surface area contributed by atoms with Crippen molar-refractivity contribution in [2.24, 2.45) is 0 Å². The zero-order valence-corrected chi connectivity index (χ0v) is 18.3. The van der Waals surface area contributed by atoms with Gasteiger partial charge in [0.1, 0.15) is 5.69 Å². The minimum atomic E-state index is -4.67. The van der Waals surface area contributed by atoms with Crippen LogP contribution < -0.4 is 4.48 Å². The molecular weight excluding hydrogens is 362 g/mol. The van der Waals surface area contributed by atoms with Crippen LogP contribution in [0.1, 0.15) is 77.6 Å². The zero-order valence-electron chi connectivity index (χ0n) is 17.4. The second-order valence-electron chi connectivity index (χ2n) is 7.73. The van der Waals surface area contributed by atoms with E-state index in [-0.39, 0.29) is 0 Å². The number of rotatable bonds is 13. The normalized spacial score (nSPS) is 11.7. The van der Waals surface area contributed by atoms with E-state index in [0.717, 1.165) is 4.48 Å². The van der Waals surface area contributed by atoms with E-state index in [1.54, 1.807) is 0 Å². The van der Waals surface area contributed by atoms with Gasteiger partial charge < -0.3 is 0 Å². The zero-order chi connectivity index (χ0) is 20.6. The van der Waals surface area contributed by atoms with Crippen LogP contribution >= 0.6 is 0 Å². The Morgan fingerprint density at radius 1 is 0.741 bits per heavy atom. The smallest absolute Gasteiger partial charge is 0.296 e. The second kappa shape index (κ2) is 15.0. The molecule has 0 saturated carbocycles. The van der Waals surface area contributed by atoms with Crippen molar-refractivity contribution < 1.29 is 17.5 Å². The SMILES string of the molecule is CCCCCCCCCCCCC[N+](C)(C)c1ccccc1.O=S(=O)(O)O. The fourth-order valence-corrected chi connectivity index (χ4v) is 3.13. The molecule has 0 fully saturated rings. The molecule has 1 aromatic rings. The van der Waals surface area contributed by atoms with Crippen LogP contribution in [0.5, 0.6) is 0 Å². The van der Waals surface area contributed by atoms with Crippen LogP contribution in [0, 0.1) is 0 Å². The van der Waals surface area contributed by atoms with Crippen LogP contribution in [0.4, 0.5) is 5.69 Å². The quantitative estimate of drug-likeness (QED) is 0.244. The summed E-state index contributed by atoms with van der Waals surface area (Å²) in [7, 11) is -0.0166. The topological polar surface area (TPSA) is 74.6 Å². The molecule has 0 aromatic heterocycles. The lowest BCUT2D eigenvalue weighted by molar-refractivity contribution is 0.380. The molecule has 0 spiro atoms. The molecule has 2 N–H and O–H groups in total. The minimum absolute atomic E-state index is 1.01. The average molecular weight is 403 g/mol. The summed E-state index contributed by atoms with van der Waals surface area (Å²) in [6.45, 7) is 3.54. The Bertz CT molecular complexity index is 551. The van der Waals surface area contributed by atoms with Crippen molar-refractivity contribution in [3.63, 3.8) is 0 Å². The third-order valence-corrected chi connectivity index (χ3v) is 4.78. The molecule has 0 aliphatic carbocycles. The van der Waals surface area contributed by atoms with E-state index < -0.39 is 10.4 Å². The van der Waals surface area contributed by atoms with Gasteiger partial charge in [-0.05, 0) is 25.0 Å². The van der Waals surface area contributed by atoms with Crippen molar-refractivity contribution in [3.8, 4) is 0 Å². The molecule has 0 saturated heterocycles. The summed E-state index contributed by atoms with van der Waals surface area (Å²) in [4.78, 5) is 0. The van der Waals surface area contributed by atoms with Crippen molar-refractivity contribution in [2.45, 2.75) is 77.6 Å². The van der Waals surface area contributed by atoms with E-state index in [0.29, 0.717) is 0 Å². The number of unbranched alkanes of at least 4 members (excludes halogenated alkanes) is 10. The number of hydrogen-bond donors (Lipinski definition) is 2. The number of nitrogens with zero attached hydrogens (tertiary/aromatic N) is 1. The van der Waals surface area contributed by atoms with Gasteiger partial charge in [0.25, 0.3) is 0 Å². The third-order valence-electron chi connectivity index (χ3n) is 4.78. The maximum Gasteiger partial charge on any atom is 0.394 e. The molecule has 0 aliphatic rings. The Hall–Kier alpha value is -0.950. The highest BCUT2D eigenvalue weighted by Crippen LogP contribution is 2.19. The largest absolute Gasteiger partial charge is 0.394 e. The van der Waals surface area contributed by atoms with Crippen LogP contribution in [-0.2, 0) is 10.4 Å². The maximum atomic E-state index is 8.74. The summed E-state index contributed by atoms with van der Waals surface area (Å²) in [6, 6.07) is 10.9. The summed E-state index contributed by atoms with van der Waals surface area (Å²) in [5, 5.41) is 0. The molecule has 158 valence electrons. The summed E-state index contributed by atoms with van der Waals surface area (Å²) in [6.07, 6.45) is 15.6. The van der Waals surface area contributed by atoms with Crippen LogP contribution in [-0.4, -0.2) is 38.2 Å². The molecule has 0 atom stereocenters. The highest BCUT2D eigenvalue weighted by atomic mass is 32.3. The molecular formula is C21H40NO4S+. The fraction of sp³-hybridized carbons (Fsp3) is 0.714. The van der Waals surface area contributed by atoms with Gasteiger partial charge in [0.2, 0.25) is 0 Å². The molecule has 5 nitrogen and oxygen atoms in total. The van der Waals surface area contributed by atoms with Crippen molar-refractivity contribution in [3.05, 3.63) is 30.3 Å². The fourth-order valence-electron chi connectivity index (χ4n) is 3.13. The van der Waals surface area contributed by atoms with E-state index in [4.69, 9.17) is 17.5 Å². The van der Waals surface area contributed by atoms with Crippen LogP contribution in [0.15, 0.2) is 30.3 Å². The molecule has 27 heavy (non-hydrogen) atoms. The molecule has 1 rings (SSSR count). The monoisotopic (exact) mass is 402 g/mol. The Morgan fingerprint density at radius 2 is 1.11 bits per heavy atom. The molecule has 0 bridgehead atoms. The van der Waals surface area contributed by atoms with Crippen molar-refractivity contribution in [1.82, 2.24) is 4.48 Å². The molecule has 6 heteroatoms. The van der Waals surface area contributed by atoms with Gasteiger partial charge in [-0.3, -0.25) is 13.6 Å². The number of hydrogen-bond acceptors (Lipinski definition) is 2. The lowest BCUT2D eigenvalue weighted by atomic mass is 10.1. The highest BCUT2D eigenvalue weighted by Gasteiger charge is 2.17. The molecule has 0 amide bonds. The van der Waals surface area contributed by atoms with Crippen molar-refractivity contribution >= 4 is 16.1 Å². The standard InChI is InChI=1S/C21H38N.H2O4S/c1-4-5-6-7-8-9-10-11-12-13-17-20-22(2,3)21-18-15-14-16-19-21;1-5(2,3)4/h14-16,18-19H,4-13,17,20H2,1-3H3;(H2,1,2,3,4)/q+1;. The maximum absolute atomic E-state index is 8.74. The van der Waals surface area contributed by atoms with E-state index in [2.05, 4.69) is 51.4 Å². The Morgan fingerprint density at radius 3 is 1.52 bits per heavy atom. The Kier molecular flexibility index (Phi) is 14.5. The summed E-state index contributed by atoms with van der Waals surface area (Å²) in [5.41, 5.74) is 1.43. The minimum Gasteiger partial charge on any atom is -0.296 e. The van der Waals surface area contributed by atoms with E-state index >= 15 is 0 Å². The predicted octanol–water partition coefficient (Wildman–Crippen LogP) is 5.91. The first kappa shape index (κ1) is 26.1. The van der Waals surface area contributed by atoms with Gasteiger partial charge in [-0.2, -0.15) is 8.42 Å². The molecule has 0 unspecified atom stereocenters. The molecule has 0 heterocycles. The van der Waals surface area contributed by atoms with E-state index in [1.807, 2.05) is 0 Å². The van der Waals surface area contributed by atoms with Gasteiger partial charge >= 0.3 is 10.4 Å². The number of para-hydroxylation sites is 1. The first-order chi connectivity index (χ1) is 12.7. The summed E-state index contributed by atoms with van der Waals surface area (Å²) < 4.78 is 32.6. The molecule has 1 aromatic carbocycles. The first-order valence-corrected chi connectivity index (χ1v) is 11.6. The summed E-state index contributed by atoms with van der Waals surface area (Å²) in [5.74, 6) is 0. The second-order valence-corrected chi connectivity index (χ2v) is 8.62. The molecule has 0 radical (unpaired) electrons. The number of quaternary nitrogens is 1. The van der Waals surface area contributed by atoms with Crippen molar-refractivity contribution in [1.29, 1.82) is 0 Å². The van der Waals surface area contributed by atoms with Gasteiger partial charge in [0.15, 0.2) is 0 Å². The Balaban J connectivity index is 0.00000119. The third kappa shape index (κ3) is 18.2. The lowest BCUT2D eigenvalue weighted by Gasteiger charge is -2.29. The number of benzene rings is 1. The summed E-state index contributed by atoms with van der Waals surface area (Å²) >= 11 is 0. The van der Waals surface area contributed by atoms with Gasteiger partial charge in [-0.1, -0.05) is 82.9 Å². The lowest BCUT2D eigenvalue weighted by Crippen LogP contribution is -2.41. The first-order valence-electron chi connectivity index (χ1n) is 10.3. The van der Waals surface area contributed by atoms with E-state index in [9.17, 15) is 0 Å². The predicted molar refractivity (Wildman–Crippen MR) is 116 cm³/mol. The van der Waals surface area contributed by atoms with Crippen LogP contribution in [0.2, 0.25) is 0 Å². The van der Waals surface area contributed by atoms with Gasteiger partial charge in [-0.25, -0.2) is 0 Å². The Labute approximate surface area is 167 Å². The molecule has 0 aliphatic heterocycles.